The van der Waals surface area contributed by atoms with Gasteiger partial charge in [0.25, 0.3) is 5.69 Å². The number of halogens is 1. The molecule has 1 N–H and O–H groups in total. The number of aryl methyl sites for hydroxylation is 1. The van der Waals surface area contributed by atoms with Crippen LogP contribution < -0.4 is 5.32 Å². The van der Waals surface area contributed by atoms with Gasteiger partial charge in [-0.1, -0.05) is 41.6 Å². The van der Waals surface area contributed by atoms with Gasteiger partial charge in [0.05, 0.1) is 16.4 Å². The number of hydrogen-bond acceptors (Lipinski definition) is 6. The molecule has 0 aliphatic heterocycles. The maximum atomic E-state index is 13.8. The first kappa shape index (κ1) is 19.5. The van der Waals surface area contributed by atoms with E-state index >= 15 is 0 Å². The molecule has 0 aliphatic rings. The van der Waals surface area contributed by atoms with Crippen molar-refractivity contribution < 1.29 is 14.1 Å². The fraction of sp³-hybridized carbons (Fsp3) is 0.167. The van der Waals surface area contributed by atoms with Gasteiger partial charge in [-0.05, 0) is 13.0 Å². The predicted molar refractivity (Wildman–Crippen MR) is 104 cm³/mol. The van der Waals surface area contributed by atoms with E-state index in [4.69, 9.17) is 0 Å². The summed E-state index contributed by atoms with van der Waals surface area (Å²) >= 11 is 1.13. The number of aromatic nitrogens is 3. The summed E-state index contributed by atoms with van der Waals surface area (Å²) in [5.41, 5.74) is 1.49. The standard InChI is InChI=1S/C18H16FN5O3S/c1-11-3-5-12(6-4-11)17-21-22-18(23(17)2)28-10-16(25)20-15-9-13(24(26)27)7-8-14(15)19/h3-9H,10H2,1-2H3,(H,20,25). The number of anilines is 1. The van der Waals surface area contributed by atoms with E-state index in [9.17, 15) is 19.3 Å². The van der Waals surface area contributed by atoms with Crippen molar-refractivity contribution >= 4 is 29.0 Å². The average molecular weight is 401 g/mol. The van der Waals surface area contributed by atoms with Gasteiger partial charge in [-0.3, -0.25) is 14.9 Å². The minimum Gasteiger partial charge on any atom is -0.323 e. The van der Waals surface area contributed by atoms with Gasteiger partial charge < -0.3 is 9.88 Å². The average Bonchev–Trinajstić information content (AvgIpc) is 3.03. The van der Waals surface area contributed by atoms with E-state index in [-0.39, 0.29) is 17.1 Å². The van der Waals surface area contributed by atoms with Crippen LogP contribution in [0.3, 0.4) is 0 Å². The highest BCUT2D eigenvalue weighted by atomic mass is 32.2. The molecule has 0 aliphatic carbocycles. The van der Waals surface area contributed by atoms with Crippen LogP contribution in [0.25, 0.3) is 11.4 Å². The molecule has 0 bridgehead atoms. The minimum atomic E-state index is -0.746. The molecule has 10 heteroatoms. The highest BCUT2D eigenvalue weighted by Gasteiger charge is 2.16. The summed E-state index contributed by atoms with van der Waals surface area (Å²) in [6.45, 7) is 1.99. The van der Waals surface area contributed by atoms with Gasteiger partial charge in [-0.2, -0.15) is 0 Å². The van der Waals surface area contributed by atoms with Crippen LogP contribution in [-0.4, -0.2) is 31.3 Å². The first-order valence-electron chi connectivity index (χ1n) is 8.18. The summed E-state index contributed by atoms with van der Waals surface area (Å²) in [6, 6.07) is 10.8. The molecular weight excluding hydrogens is 385 g/mol. The van der Waals surface area contributed by atoms with E-state index in [0.29, 0.717) is 11.0 Å². The SMILES string of the molecule is Cc1ccc(-c2nnc(SCC(=O)Nc3cc([N+](=O)[O-])ccc3F)n2C)cc1. The second-order valence-corrected chi connectivity index (χ2v) is 6.93. The van der Waals surface area contributed by atoms with Gasteiger partial charge in [0.2, 0.25) is 5.91 Å². The van der Waals surface area contributed by atoms with Gasteiger partial charge in [0.15, 0.2) is 11.0 Å². The molecule has 1 heterocycles. The Kier molecular flexibility index (Phi) is 5.69. The molecule has 28 heavy (non-hydrogen) atoms. The summed E-state index contributed by atoms with van der Waals surface area (Å²) in [5, 5.41) is 21.9. The molecule has 0 atom stereocenters. The zero-order valence-electron chi connectivity index (χ0n) is 15.0. The lowest BCUT2D eigenvalue weighted by Gasteiger charge is -2.07. The van der Waals surface area contributed by atoms with Gasteiger partial charge in [-0.25, -0.2) is 4.39 Å². The number of non-ortho nitro benzene ring substituents is 1. The fourth-order valence-corrected chi connectivity index (χ4v) is 3.14. The van der Waals surface area contributed by atoms with Gasteiger partial charge in [0.1, 0.15) is 5.82 Å². The lowest BCUT2D eigenvalue weighted by molar-refractivity contribution is -0.384. The lowest BCUT2D eigenvalue weighted by atomic mass is 10.1. The van der Waals surface area contributed by atoms with Crippen LogP contribution in [0.4, 0.5) is 15.8 Å². The van der Waals surface area contributed by atoms with Crippen molar-refractivity contribution in [2.75, 3.05) is 11.1 Å². The molecule has 0 spiro atoms. The van der Waals surface area contributed by atoms with Crippen molar-refractivity contribution in [1.29, 1.82) is 0 Å². The molecule has 8 nitrogen and oxygen atoms in total. The Labute approximate surface area is 163 Å². The Morgan fingerprint density at radius 3 is 2.64 bits per heavy atom. The molecule has 0 saturated carbocycles. The number of nitro groups is 1. The van der Waals surface area contributed by atoms with Crippen molar-refractivity contribution in [3.05, 3.63) is 64.0 Å². The highest BCUT2D eigenvalue weighted by Crippen LogP contribution is 2.24. The van der Waals surface area contributed by atoms with E-state index in [1.165, 1.54) is 0 Å². The summed E-state index contributed by atoms with van der Waals surface area (Å²) in [6.07, 6.45) is 0. The smallest absolute Gasteiger partial charge is 0.271 e. The highest BCUT2D eigenvalue weighted by molar-refractivity contribution is 7.99. The van der Waals surface area contributed by atoms with E-state index in [2.05, 4.69) is 15.5 Å². The van der Waals surface area contributed by atoms with E-state index in [1.54, 1.807) is 11.6 Å². The minimum absolute atomic E-state index is 0.0536. The first-order chi connectivity index (χ1) is 13.3. The third kappa shape index (κ3) is 4.34. The molecule has 1 amide bonds. The number of hydrogen-bond donors (Lipinski definition) is 1. The summed E-state index contributed by atoms with van der Waals surface area (Å²) in [7, 11) is 1.79. The van der Waals surface area contributed by atoms with Crippen molar-refractivity contribution in [3.8, 4) is 11.4 Å². The first-order valence-corrected chi connectivity index (χ1v) is 9.16. The summed E-state index contributed by atoms with van der Waals surface area (Å²) in [5.74, 6) is -0.650. The van der Waals surface area contributed by atoms with Crippen molar-refractivity contribution in [2.24, 2.45) is 7.05 Å². The molecule has 0 radical (unpaired) electrons. The third-order valence-corrected chi connectivity index (χ3v) is 4.93. The summed E-state index contributed by atoms with van der Waals surface area (Å²) < 4.78 is 15.5. The zero-order chi connectivity index (χ0) is 20.3. The molecule has 3 aromatic rings. The van der Waals surface area contributed by atoms with Crippen LogP contribution in [0, 0.1) is 22.9 Å². The quantitative estimate of drug-likeness (QED) is 0.385. The largest absolute Gasteiger partial charge is 0.323 e. The number of benzene rings is 2. The Morgan fingerprint density at radius 2 is 1.96 bits per heavy atom. The number of nitrogens with one attached hydrogen (secondary N) is 1. The van der Waals surface area contributed by atoms with Crippen LogP contribution >= 0.6 is 11.8 Å². The van der Waals surface area contributed by atoms with Crippen LogP contribution in [0.5, 0.6) is 0 Å². The molecule has 0 fully saturated rings. The number of amides is 1. The maximum absolute atomic E-state index is 13.8. The Balaban J connectivity index is 1.66. The number of carbonyl (C=O) groups excluding carboxylic acids is 1. The third-order valence-electron chi connectivity index (χ3n) is 3.91. The van der Waals surface area contributed by atoms with Crippen LogP contribution in [0.1, 0.15) is 5.56 Å². The van der Waals surface area contributed by atoms with Crippen molar-refractivity contribution in [3.63, 3.8) is 0 Å². The Morgan fingerprint density at radius 1 is 1.25 bits per heavy atom. The number of rotatable bonds is 6. The van der Waals surface area contributed by atoms with E-state index < -0.39 is 16.6 Å². The second kappa shape index (κ2) is 8.17. The molecule has 3 rings (SSSR count). The van der Waals surface area contributed by atoms with Gasteiger partial charge in [0, 0.05) is 24.7 Å². The number of nitrogens with zero attached hydrogens (tertiary/aromatic N) is 4. The number of nitro benzene ring substituents is 1. The fourth-order valence-electron chi connectivity index (χ4n) is 2.43. The molecule has 144 valence electrons. The Bertz CT molecular complexity index is 1040. The van der Waals surface area contributed by atoms with Crippen molar-refractivity contribution in [1.82, 2.24) is 14.8 Å². The second-order valence-electron chi connectivity index (χ2n) is 5.99. The molecule has 0 saturated heterocycles. The maximum Gasteiger partial charge on any atom is 0.271 e. The van der Waals surface area contributed by atoms with E-state index in [0.717, 1.165) is 41.1 Å². The molecular formula is C18H16FN5O3S. The zero-order valence-corrected chi connectivity index (χ0v) is 15.9. The van der Waals surface area contributed by atoms with Crippen LogP contribution in [0.2, 0.25) is 0 Å². The summed E-state index contributed by atoms with van der Waals surface area (Å²) in [4.78, 5) is 22.2. The Hall–Kier alpha value is -3.27. The van der Waals surface area contributed by atoms with Gasteiger partial charge >= 0.3 is 0 Å². The van der Waals surface area contributed by atoms with Crippen LogP contribution in [-0.2, 0) is 11.8 Å². The normalized spacial score (nSPS) is 10.7. The topological polar surface area (TPSA) is 103 Å². The van der Waals surface area contributed by atoms with E-state index in [1.807, 2.05) is 31.2 Å². The molecule has 2 aromatic carbocycles. The molecule has 0 unspecified atom stereocenters. The van der Waals surface area contributed by atoms with Crippen LogP contribution in [0.15, 0.2) is 47.6 Å². The van der Waals surface area contributed by atoms with Crippen molar-refractivity contribution in [2.45, 2.75) is 12.1 Å². The molecule has 1 aromatic heterocycles. The monoisotopic (exact) mass is 401 g/mol. The number of carbonyl (C=O) groups is 1. The lowest BCUT2D eigenvalue weighted by Crippen LogP contribution is -2.15. The predicted octanol–water partition coefficient (Wildman–Crippen LogP) is 3.57. The number of thioether (sulfide) groups is 1. The van der Waals surface area contributed by atoms with Gasteiger partial charge in [-0.15, -0.1) is 10.2 Å².